The Morgan fingerprint density at radius 1 is 1.29 bits per heavy atom. The summed E-state index contributed by atoms with van der Waals surface area (Å²) < 4.78 is 26.4. The number of hydrogen-bond acceptors (Lipinski definition) is 0. The largest absolute Gasteiger partial charge is 0.207 e. The standard InChI is InChI=1S/C12H12F2/c1-12(6-2-3-7-12)10-8-9(13)4-5-11(10)14/h2,4-6,8H,3,7H2,1H3/t12-/m0/s1. The van der Waals surface area contributed by atoms with Gasteiger partial charge in [-0.15, -0.1) is 0 Å². The van der Waals surface area contributed by atoms with Gasteiger partial charge in [-0.2, -0.15) is 0 Å². The van der Waals surface area contributed by atoms with Gasteiger partial charge in [0, 0.05) is 11.0 Å². The van der Waals surface area contributed by atoms with Crippen molar-refractivity contribution in [1.29, 1.82) is 0 Å². The highest BCUT2D eigenvalue weighted by Gasteiger charge is 2.29. The molecular weight excluding hydrogens is 182 g/mol. The van der Waals surface area contributed by atoms with Crippen LogP contribution >= 0.6 is 0 Å². The molecule has 1 aromatic carbocycles. The molecule has 74 valence electrons. The van der Waals surface area contributed by atoms with Gasteiger partial charge in [-0.1, -0.05) is 19.1 Å². The maximum Gasteiger partial charge on any atom is 0.127 e. The van der Waals surface area contributed by atoms with Crippen LogP contribution in [0.3, 0.4) is 0 Å². The minimum Gasteiger partial charge on any atom is -0.207 e. The van der Waals surface area contributed by atoms with Crippen molar-refractivity contribution in [2.45, 2.75) is 25.2 Å². The first kappa shape index (κ1) is 9.38. The topological polar surface area (TPSA) is 0 Å². The molecule has 2 rings (SSSR count). The second kappa shape index (κ2) is 3.19. The molecule has 1 atom stereocenters. The van der Waals surface area contributed by atoms with Gasteiger partial charge in [0.2, 0.25) is 0 Å². The second-order valence-corrected chi connectivity index (χ2v) is 3.98. The molecule has 0 amide bonds. The molecule has 0 aromatic heterocycles. The molecule has 0 bridgehead atoms. The lowest BCUT2D eigenvalue weighted by molar-refractivity contribution is 0.510. The predicted molar refractivity (Wildman–Crippen MR) is 52.1 cm³/mol. The lowest BCUT2D eigenvalue weighted by Gasteiger charge is -2.22. The summed E-state index contributed by atoms with van der Waals surface area (Å²) in [6, 6.07) is 3.65. The Balaban J connectivity index is 2.49. The Bertz CT molecular complexity index is 382. The highest BCUT2D eigenvalue weighted by atomic mass is 19.1. The van der Waals surface area contributed by atoms with E-state index in [9.17, 15) is 8.78 Å². The van der Waals surface area contributed by atoms with Gasteiger partial charge in [0.05, 0.1) is 0 Å². The molecule has 0 radical (unpaired) electrons. The van der Waals surface area contributed by atoms with Crippen LogP contribution in [0.1, 0.15) is 25.3 Å². The Labute approximate surface area is 82.3 Å². The van der Waals surface area contributed by atoms with E-state index >= 15 is 0 Å². The normalized spacial score (nSPS) is 25.6. The molecule has 0 unspecified atom stereocenters. The van der Waals surface area contributed by atoms with Gasteiger partial charge in [-0.05, 0) is 31.0 Å². The maximum absolute atomic E-state index is 13.5. The number of allylic oxidation sites excluding steroid dienone is 2. The molecule has 0 heterocycles. The summed E-state index contributed by atoms with van der Waals surface area (Å²) in [5.74, 6) is -0.691. The first-order valence-electron chi connectivity index (χ1n) is 4.75. The zero-order valence-corrected chi connectivity index (χ0v) is 8.06. The zero-order valence-electron chi connectivity index (χ0n) is 8.06. The van der Waals surface area contributed by atoms with Gasteiger partial charge in [0.15, 0.2) is 0 Å². The average molecular weight is 194 g/mol. The predicted octanol–water partition coefficient (Wildman–Crippen LogP) is 3.57. The van der Waals surface area contributed by atoms with Gasteiger partial charge < -0.3 is 0 Å². The molecule has 0 saturated carbocycles. The van der Waals surface area contributed by atoms with Gasteiger partial charge >= 0.3 is 0 Å². The quantitative estimate of drug-likeness (QED) is 0.599. The summed E-state index contributed by atoms with van der Waals surface area (Å²) in [4.78, 5) is 0. The number of rotatable bonds is 1. The van der Waals surface area contributed by atoms with Crippen molar-refractivity contribution in [3.63, 3.8) is 0 Å². The lowest BCUT2D eigenvalue weighted by Crippen LogP contribution is -2.17. The van der Waals surface area contributed by atoms with E-state index < -0.39 is 0 Å². The fourth-order valence-electron chi connectivity index (χ4n) is 1.97. The Hall–Kier alpha value is -1.18. The first-order valence-corrected chi connectivity index (χ1v) is 4.75. The van der Waals surface area contributed by atoms with E-state index in [4.69, 9.17) is 0 Å². The third kappa shape index (κ3) is 1.45. The van der Waals surface area contributed by atoms with E-state index in [0.717, 1.165) is 18.9 Å². The third-order valence-electron chi connectivity index (χ3n) is 2.86. The molecule has 0 fully saturated rings. The Morgan fingerprint density at radius 2 is 2.07 bits per heavy atom. The average Bonchev–Trinajstić information content (AvgIpc) is 2.58. The van der Waals surface area contributed by atoms with Gasteiger partial charge in [0.25, 0.3) is 0 Å². The number of hydrogen-bond donors (Lipinski definition) is 0. The molecule has 1 aromatic rings. The number of benzene rings is 1. The van der Waals surface area contributed by atoms with E-state index in [-0.39, 0.29) is 17.0 Å². The Morgan fingerprint density at radius 3 is 2.71 bits per heavy atom. The van der Waals surface area contributed by atoms with Crippen molar-refractivity contribution in [3.8, 4) is 0 Å². The molecular formula is C12H12F2. The molecule has 0 aliphatic heterocycles. The van der Waals surface area contributed by atoms with Crippen molar-refractivity contribution in [1.82, 2.24) is 0 Å². The van der Waals surface area contributed by atoms with E-state index in [1.807, 2.05) is 19.1 Å². The highest BCUT2D eigenvalue weighted by Crippen LogP contribution is 2.36. The van der Waals surface area contributed by atoms with Crippen molar-refractivity contribution < 1.29 is 8.78 Å². The van der Waals surface area contributed by atoms with Crippen LogP contribution in [0.2, 0.25) is 0 Å². The molecule has 0 saturated heterocycles. The van der Waals surface area contributed by atoms with E-state index in [0.29, 0.717) is 5.56 Å². The summed E-state index contributed by atoms with van der Waals surface area (Å²) in [6.45, 7) is 1.94. The van der Waals surface area contributed by atoms with Crippen LogP contribution in [0.15, 0.2) is 30.4 Å². The molecule has 2 heteroatoms. The van der Waals surface area contributed by atoms with Crippen LogP contribution in [0.4, 0.5) is 8.78 Å². The molecule has 1 aliphatic carbocycles. The van der Waals surface area contributed by atoms with Crippen LogP contribution in [0.5, 0.6) is 0 Å². The molecule has 0 nitrogen and oxygen atoms in total. The van der Waals surface area contributed by atoms with Crippen molar-refractivity contribution in [2.75, 3.05) is 0 Å². The van der Waals surface area contributed by atoms with Crippen molar-refractivity contribution >= 4 is 0 Å². The third-order valence-corrected chi connectivity index (χ3v) is 2.86. The summed E-state index contributed by atoms with van der Waals surface area (Å²) in [6.07, 6.45) is 5.77. The fraction of sp³-hybridized carbons (Fsp3) is 0.333. The number of halogens is 2. The smallest absolute Gasteiger partial charge is 0.127 e. The summed E-state index contributed by atoms with van der Waals surface area (Å²) in [5, 5.41) is 0. The summed E-state index contributed by atoms with van der Waals surface area (Å²) in [5.41, 5.74) is 0.137. The minimum atomic E-state index is -0.372. The van der Waals surface area contributed by atoms with Crippen LogP contribution < -0.4 is 0 Å². The van der Waals surface area contributed by atoms with E-state index in [1.54, 1.807) is 0 Å². The van der Waals surface area contributed by atoms with Crippen LogP contribution in [0, 0.1) is 11.6 Å². The van der Waals surface area contributed by atoms with Gasteiger partial charge in [-0.25, -0.2) is 8.78 Å². The van der Waals surface area contributed by atoms with E-state index in [1.165, 1.54) is 12.1 Å². The van der Waals surface area contributed by atoms with Crippen LogP contribution in [0.25, 0.3) is 0 Å². The van der Waals surface area contributed by atoms with Gasteiger partial charge in [0.1, 0.15) is 11.6 Å². The molecule has 0 spiro atoms. The monoisotopic (exact) mass is 194 g/mol. The molecule has 14 heavy (non-hydrogen) atoms. The lowest BCUT2D eigenvalue weighted by atomic mass is 9.82. The highest BCUT2D eigenvalue weighted by molar-refractivity contribution is 5.34. The maximum atomic E-state index is 13.5. The second-order valence-electron chi connectivity index (χ2n) is 3.98. The molecule has 0 N–H and O–H groups in total. The summed E-state index contributed by atoms with van der Waals surface area (Å²) in [7, 11) is 0. The SMILES string of the molecule is C[C@]1(c2cc(F)ccc2F)C=CCC1. The molecule has 1 aliphatic rings. The fourth-order valence-corrected chi connectivity index (χ4v) is 1.97. The van der Waals surface area contributed by atoms with E-state index in [2.05, 4.69) is 0 Å². The first-order chi connectivity index (χ1) is 6.62. The minimum absolute atomic E-state index is 0.319. The Kier molecular flexibility index (Phi) is 2.14. The zero-order chi connectivity index (χ0) is 10.2. The summed E-state index contributed by atoms with van der Waals surface area (Å²) >= 11 is 0. The van der Waals surface area contributed by atoms with Crippen LogP contribution in [-0.2, 0) is 5.41 Å². The van der Waals surface area contributed by atoms with Crippen LogP contribution in [-0.4, -0.2) is 0 Å². The van der Waals surface area contributed by atoms with Crippen molar-refractivity contribution in [3.05, 3.63) is 47.5 Å². The van der Waals surface area contributed by atoms with Crippen molar-refractivity contribution in [2.24, 2.45) is 0 Å². The van der Waals surface area contributed by atoms with Gasteiger partial charge in [-0.3, -0.25) is 0 Å².